The van der Waals surface area contributed by atoms with E-state index in [1.807, 2.05) is 18.7 Å². The summed E-state index contributed by atoms with van der Waals surface area (Å²) >= 11 is 7.42. The lowest BCUT2D eigenvalue weighted by molar-refractivity contribution is -0.129. The molecule has 1 aromatic carbocycles. The number of likely N-dealkylation sites (tertiary alicyclic amines) is 1. The summed E-state index contributed by atoms with van der Waals surface area (Å²) in [6, 6.07) is 5.11. The molecule has 1 saturated heterocycles. The van der Waals surface area contributed by atoms with E-state index in [0.717, 1.165) is 25.9 Å². The molecule has 1 aliphatic heterocycles. The molecule has 1 aliphatic rings. The van der Waals surface area contributed by atoms with Crippen LogP contribution in [0.25, 0.3) is 10.9 Å². The van der Waals surface area contributed by atoms with Crippen molar-refractivity contribution in [2.24, 2.45) is 0 Å². The molecular weight excluding hydrogens is 410 g/mol. The molecule has 1 fully saturated rings. The van der Waals surface area contributed by atoms with Gasteiger partial charge >= 0.3 is 0 Å². The minimum absolute atomic E-state index is 0.102. The van der Waals surface area contributed by atoms with Crippen LogP contribution in [0.15, 0.2) is 28.2 Å². The number of carbonyl (C=O) groups is 1. The van der Waals surface area contributed by atoms with Gasteiger partial charge in [-0.3, -0.25) is 14.2 Å². The number of halogens is 1. The van der Waals surface area contributed by atoms with E-state index < -0.39 is 0 Å². The highest BCUT2D eigenvalue weighted by Gasteiger charge is 2.19. The van der Waals surface area contributed by atoms with Crippen molar-refractivity contribution in [1.29, 1.82) is 0 Å². The second kappa shape index (κ2) is 10.5. The lowest BCUT2D eigenvalue weighted by atomic mass is 10.1. The Labute approximate surface area is 180 Å². The predicted octanol–water partition coefficient (Wildman–Crippen LogP) is 3.97. The summed E-state index contributed by atoms with van der Waals surface area (Å²) in [5.41, 5.74) is 0.453. The lowest BCUT2D eigenvalue weighted by Crippen LogP contribution is -2.37. The Morgan fingerprint density at radius 3 is 2.76 bits per heavy atom. The van der Waals surface area contributed by atoms with Gasteiger partial charge in [0.15, 0.2) is 5.16 Å². The number of amides is 1. The molecule has 2 heterocycles. The molecule has 0 atom stereocenters. The number of piperidine rings is 1. The monoisotopic (exact) mass is 437 g/mol. The highest BCUT2D eigenvalue weighted by molar-refractivity contribution is 7.99. The largest absolute Gasteiger partial charge is 0.379 e. The van der Waals surface area contributed by atoms with E-state index in [1.165, 1.54) is 18.2 Å². The molecule has 0 aliphatic carbocycles. The molecule has 3 rings (SSSR count). The van der Waals surface area contributed by atoms with Crippen LogP contribution in [-0.2, 0) is 16.1 Å². The third-order valence-electron chi connectivity index (χ3n) is 4.89. The van der Waals surface area contributed by atoms with Crippen LogP contribution in [-0.4, -0.2) is 51.9 Å². The normalized spacial score (nSPS) is 14.7. The maximum absolute atomic E-state index is 13.1. The van der Waals surface area contributed by atoms with Gasteiger partial charge in [-0.05, 0) is 57.7 Å². The van der Waals surface area contributed by atoms with Crippen LogP contribution < -0.4 is 5.56 Å². The zero-order valence-corrected chi connectivity index (χ0v) is 18.6. The predicted molar refractivity (Wildman–Crippen MR) is 118 cm³/mol. The van der Waals surface area contributed by atoms with Crippen LogP contribution in [0.4, 0.5) is 0 Å². The number of ether oxygens (including phenoxy) is 1. The highest BCUT2D eigenvalue weighted by atomic mass is 35.5. The maximum atomic E-state index is 13.1. The van der Waals surface area contributed by atoms with E-state index in [-0.39, 0.29) is 23.3 Å². The van der Waals surface area contributed by atoms with Crippen LogP contribution in [0.2, 0.25) is 5.02 Å². The fourth-order valence-corrected chi connectivity index (χ4v) is 4.48. The van der Waals surface area contributed by atoms with Crippen molar-refractivity contribution in [3.63, 3.8) is 0 Å². The number of aromatic nitrogens is 2. The quantitative estimate of drug-likeness (QED) is 0.355. The van der Waals surface area contributed by atoms with Gasteiger partial charge in [-0.25, -0.2) is 4.98 Å². The van der Waals surface area contributed by atoms with Crippen molar-refractivity contribution in [2.75, 3.05) is 25.4 Å². The van der Waals surface area contributed by atoms with Crippen LogP contribution >= 0.6 is 23.4 Å². The Bertz CT molecular complexity index is 910. The fraction of sp³-hybridized carbons (Fsp3) is 0.571. The minimum atomic E-state index is -0.107. The SMILES string of the molecule is CC(C)OCCCn1c(SCC(=O)N2CCCCC2)nc2cc(Cl)ccc2c1=O. The summed E-state index contributed by atoms with van der Waals surface area (Å²) in [5.74, 6) is 0.380. The molecule has 158 valence electrons. The second-order valence-electron chi connectivity index (χ2n) is 7.52. The molecule has 0 saturated carbocycles. The van der Waals surface area contributed by atoms with E-state index in [2.05, 4.69) is 4.98 Å². The van der Waals surface area contributed by atoms with E-state index in [1.54, 1.807) is 22.8 Å². The molecule has 0 N–H and O–H groups in total. The maximum Gasteiger partial charge on any atom is 0.262 e. The Morgan fingerprint density at radius 2 is 2.03 bits per heavy atom. The summed E-state index contributed by atoms with van der Waals surface area (Å²) in [7, 11) is 0. The van der Waals surface area contributed by atoms with E-state index in [0.29, 0.717) is 40.7 Å². The molecule has 0 unspecified atom stereocenters. The highest BCUT2D eigenvalue weighted by Crippen LogP contribution is 2.22. The number of fused-ring (bicyclic) bond motifs is 1. The third-order valence-corrected chi connectivity index (χ3v) is 6.09. The Morgan fingerprint density at radius 1 is 1.28 bits per heavy atom. The van der Waals surface area contributed by atoms with Crippen LogP contribution in [0.1, 0.15) is 39.5 Å². The summed E-state index contributed by atoms with van der Waals surface area (Å²) in [6.45, 7) is 6.68. The number of rotatable bonds is 8. The molecule has 2 aromatic rings. The van der Waals surface area contributed by atoms with Gasteiger partial charge in [0.2, 0.25) is 5.91 Å². The molecule has 8 heteroatoms. The van der Waals surface area contributed by atoms with Gasteiger partial charge in [0, 0.05) is 31.3 Å². The zero-order valence-electron chi connectivity index (χ0n) is 17.0. The van der Waals surface area contributed by atoms with Gasteiger partial charge in [0.1, 0.15) is 0 Å². The summed E-state index contributed by atoms with van der Waals surface area (Å²) in [5, 5.41) is 1.62. The van der Waals surface area contributed by atoms with E-state index in [9.17, 15) is 9.59 Å². The summed E-state index contributed by atoms with van der Waals surface area (Å²) in [6.07, 6.45) is 4.15. The minimum Gasteiger partial charge on any atom is -0.379 e. The molecule has 0 spiro atoms. The fourth-order valence-electron chi connectivity index (χ4n) is 3.38. The van der Waals surface area contributed by atoms with Gasteiger partial charge in [0.25, 0.3) is 5.56 Å². The Balaban J connectivity index is 1.81. The van der Waals surface area contributed by atoms with Gasteiger partial charge in [-0.15, -0.1) is 0 Å². The lowest BCUT2D eigenvalue weighted by Gasteiger charge is -2.26. The molecule has 6 nitrogen and oxygen atoms in total. The van der Waals surface area contributed by atoms with Crippen LogP contribution in [0, 0.1) is 0 Å². The van der Waals surface area contributed by atoms with Crippen molar-refractivity contribution in [3.8, 4) is 0 Å². The van der Waals surface area contributed by atoms with Gasteiger partial charge in [-0.1, -0.05) is 23.4 Å². The van der Waals surface area contributed by atoms with Crippen molar-refractivity contribution < 1.29 is 9.53 Å². The molecule has 29 heavy (non-hydrogen) atoms. The molecule has 0 bridgehead atoms. The Kier molecular flexibility index (Phi) is 7.98. The van der Waals surface area contributed by atoms with Gasteiger partial charge < -0.3 is 9.64 Å². The average molecular weight is 438 g/mol. The average Bonchev–Trinajstić information content (AvgIpc) is 2.71. The number of thioether (sulfide) groups is 1. The first-order valence-electron chi connectivity index (χ1n) is 10.2. The number of hydrogen-bond donors (Lipinski definition) is 0. The van der Waals surface area contributed by atoms with E-state index in [4.69, 9.17) is 16.3 Å². The van der Waals surface area contributed by atoms with Crippen molar-refractivity contribution >= 4 is 40.2 Å². The second-order valence-corrected chi connectivity index (χ2v) is 8.89. The molecule has 1 aromatic heterocycles. The zero-order chi connectivity index (χ0) is 20.8. The smallest absolute Gasteiger partial charge is 0.262 e. The van der Waals surface area contributed by atoms with E-state index >= 15 is 0 Å². The number of nitrogens with zero attached hydrogens (tertiary/aromatic N) is 3. The third kappa shape index (κ3) is 5.96. The van der Waals surface area contributed by atoms with Crippen molar-refractivity contribution in [1.82, 2.24) is 14.5 Å². The van der Waals surface area contributed by atoms with Crippen molar-refractivity contribution in [2.45, 2.75) is 57.3 Å². The van der Waals surface area contributed by atoms with Gasteiger partial charge in [-0.2, -0.15) is 0 Å². The van der Waals surface area contributed by atoms with Gasteiger partial charge in [0.05, 0.1) is 22.8 Å². The Hall–Kier alpha value is -1.57. The number of benzene rings is 1. The van der Waals surface area contributed by atoms with Crippen LogP contribution in [0.3, 0.4) is 0 Å². The molecule has 1 amide bonds. The first kappa shape index (κ1) is 22.1. The number of carbonyl (C=O) groups excluding carboxylic acids is 1. The summed E-state index contributed by atoms with van der Waals surface area (Å²) < 4.78 is 7.26. The number of hydrogen-bond acceptors (Lipinski definition) is 5. The molecule has 0 radical (unpaired) electrons. The molecular formula is C21H28ClN3O3S. The first-order valence-corrected chi connectivity index (χ1v) is 11.5. The topological polar surface area (TPSA) is 64.4 Å². The van der Waals surface area contributed by atoms with Crippen molar-refractivity contribution in [3.05, 3.63) is 33.6 Å². The standard InChI is InChI=1S/C21H28ClN3O3S/c1-15(2)28-12-6-11-25-20(27)17-8-7-16(22)13-18(17)23-21(25)29-14-19(26)24-9-4-3-5-10-24/h7-8,13,15H,3-6,9-12,14H2,1-2H3. The summed E-state index contributed by atoms with van der Waals surface area (Å²) in [4.78, 5) is 32.2. The van der Waals surface area contributed by atoms with Crippen LogP contribution in [0.5, 0.6) is 0 Å². The first-order chi connectivity index (χ1) is 14.0.